The number of hydrogen-bond donors (Lipinski definition) is 2. The monoisotopic (exact) mass is 455 g/mol. The minimum Gasteiger partial charge on any atom is -0.489 e. The number of ether oxygens (including phenoxy) is 1. The van der Waals surface area contributed by atoms with Gasteiger partial charge in [-0.15, -0.1) is 0 Å². The highest BCUT2D eigenvalue weighted by atomic mass is 19.4. The van der Waals surface area contributed by atoms with E-state index in [0.717, 1.165) is 11.6 Å². The average Bonchev–Trinajstić information content (AvgIpc) is 2.77. The van der Waals surface area contributed by atoms with E-state index in [0.29, 0.717) is 36.3 Å². The van der Waals surface area contributed by atoms with Crippen LogP contribution in [0, 0.1) is 5.92 Å². The number of alkyl halides is 3. The molecule has 0 spiro atoms. The Bertz CT molecular complexity index is 1090. The molecule has 0 atom stereocenters. The fourth-order valence-corrected chi connectivity index (χ4v) is 3.90. The lowest BCUT2D eigenvalue weighted by Gasteiger charge is -2.33. The third kappa shape index (κ3) is 5.73. The van der Waals surface area contributed by atoms with Crippen molar-refractivity contribution >= 4 is 5.97 Å². The second-order valence-corrected chi connectivity index (χ2v) is 8.26. The molecular weight excluding hydrogens is 431 g/mol. The van der Waals surface area contributed by atoms with Gasteiger partial charge in [0.15, 0.2) is 0 Å². The van der Waals surface area contributed by atoms with Gasteiger partial charge >= 0.3 is 12.1 Å². The first-order valence-corrected chi connectivity index (χ1v) is 10.7. The van der Waals surface area contributed by atoms with Gasteiger partial charge in [0.05, 0.1) is 11.5 Å². The van der Waals surface area contributed by atoms with Crippen molar-refractivity contribution in [2.75, 3.05) is 0 Å². The van der Waals surface area contributed by atoms with Crippen LogP contribution in [-0.4, -0.2) is 17.1 Å². The zero-order valence-corrected chi connectivity index (χ0v) is 17.8. The maximum atomic E-state index is 13.7. The Morgan fingerprint density at radius 2 is 1.64 bits per heavy atom. The molecule has 1 saturated carbocycles. The molecule has 7 heteroatoms. The first-order valence-electron chi connectivity index (χ1n) is 10.7. The van der Waals surface area contributed by atoms with Crippen LogP contribution in [0.4, 0.5) is 13.2 Å². The van der Waals surface area contributed by atoms with Gasteiger partial charge in [-0.05, 0) is 53.3 Å². The third-order valence-electron chi connectivity index (χ3n) is 5.89. The average molecular weight is 455 g/mol. The van der Waals surface area contributed by atoms with E-state index in [1.165, 1.54) is 6.07 Å². The van der Waals surface area contributed by atoms with Gasteiger partial charge in [0, 0.05) is 12.6 Å². The quantitative estimate of drug-likeness (QED) is 0.444. The minimum atomic E-state index is -4.47. The van der Waals surface area contributed by atoms with E-state index in [1.807, 2.05) is 12.1 Å². The Hall–Kier alpha value is -3.32. The molecular formula is C26H24F3NO3. The van der Waals surface area contributed by atoms with Crippen molar-refractivity contribution in [3.63, 3.8) is 0 Å². The molecule has 0 radical (unpaired) electrons. The molecule has 0 aromatic heterocycles. The fraction of sp³-hybridized carbons (Fsp3) is 0.269. The molecule has 1 aliphatic rings. The van der Waals surface area contributed by atoms with Crippen LogP contribution in [0.2, 0.25) is 0 Å². The number of aliphatic carboxylic acids is 1. The van der Waals surface area contributed by atoms with Crippen molar-refractivity contribution in [3.8, 4) is 16.9 Å². The Balaban J connectivity index is 1.35. The van der Waals surface area contributed by atoms with Gasteiger partial charge in [-0.2, -0.15) is 13.2 Å². The first-order chi connectivity index (χ1) is 15.8. The number of rotatable bonds is 8. The van der Waals surface area contributed by atoms with Crippen LogP contribution >= 0.6 is 0 Å². The Morgan fingerprint density at radius 1 is 0.970 bits per heavy atom. The summed E-state index contributed by atoms with van der Waals surface area (Å²) in [4.78, 5) is 10.9. The van der Waals surface area contributed by atoms with E-state index in [2.05, 4.69) is 5.32 Å². The number of carboxylic acids is 1. The summed E-state index contributed by atoms with van der Waals surface area (Å²) in [5, 5.41) is 12.2. The van der Waals surface area contributed by atoms with Crippen molar-refractivity contribution in [2.24, 2.45) is 5.92 Å². The van der Waals surface area contributed by atoms with Crippen LogP contribution in [0.1, 0.15) is 29.5 Å². The summed E-state index contributed by atoms with van der Waals surface area (Å²) in [6.07, 6.45) is -3.19. The molecule has 4 rings (SSSR count). The molecule has 0 bridgehead atoms. The van der Waals surface area contributed by atoms with Gasteiger partial charge in [-0.3, -0.25) is 4.79 Å². The number of carboxylic acid groups (broad SMARTS) is 1. The molecule has 3 aromatic carbocycles. The minimum absolute atomic E-state index is 0.0222. The molecule has 1 fully saturated rings. The largest absolute Gasteiger partial charge is 0.489 e. The van der Waals surface area contributed by atoms with E-state index in [1.54, 1.807) is 48.5 Å². The summed E-state index contributed by atoms with van der Waals surface area (Å²) < 4.78 is 46.7. The molecule has 3 aromatic rings. The van der Waals surface area contributed by atoms with Crippen LogP contribution < -0.4 is 10.1 Å². The Kier molecular flexibility index (Phi) is 6.70. The topological polar surface area (TPSA) is 58.6 Å². The third-order valence-corrected chi connectivity index (χ3v) is 5.89. The highest BCUT2D eigenvalue weighted by molar-refractivity contribution is 5.71. The maximum absolute atomic E-state index is 13.7. The van der Waals surface area contributed by atoms with Gasteiger partial charge in [-0.25, -0.2) is 0 Å². The summed E-state index contributed by atoms with van der Waals surface area (Å²) in [5.74, 6) is -0.432. The lowest BCUT2D eigenvalue weighted by atomic mass is 9.80. The normalized spacial score (nSPS) is 17.9. The smallest absolute Gasteiger partial charge is 0.417 e. The molecule has 0 aliphatic heterocycles. The molecule has 4 nitrogen and oxygen atoms in total. The number of nitrogens with one attached hydrogen (secondary N) is 1. The molecule has 33 heavy (non-hydrogen) atoms. The number of halogens is 3. The predicted molar refractivity (Wildman–Crippen MR) is 119 cm³/mol. The zero-order chi connectivity index (χ0) is 23.4. The van der Waals surface area contributed by atoms with E-state index in [9.17, 15) is 18.0 Å². The van der Waals surface area contributed by atoms with E-state index in [4.69, 9.17) is 9.84 Å². The van der Waals surface area contributed by atoms with Crippen molar-refractivity contribution in [1.29, 1.82) is 0 Å². The van der Waals surface area contributed by atoms with Crippen molar-refractivity contribution in [1.82, 2.24) is 5.32 Å². The van der Waals surface area contributed by atoms with Gasteiger partial charge in [0.1, 0.15) is 12.4 Å². The first kappa shape index (κ1) is 22.9. The fourth-order valence-electron chi connectivity index (χ4n) is 3.90. The summed E-state index contributed by atoms with van der Waals surface area (Å²) >= 11 is 0. The van der Waals surface area contributed by atoms with E-state index >= 15 is 0 Å². The van der Waals surface area contributed by atoms with E-state index in [-0.39, 0.29) is 24.1 Å². The van der Waals surface area contributed by atoms with Crippen LogP contribution in [0.15, 0.2) is 72.8 Å². The molecule has 0 unspecified atom stereocenters. The summed E-state index contributed by atoms with van der Waals surface area (Å²) in [5.41, 5.74) is 1.43. The lowest BCUT2D eigenvalue weighted by Crippen LogP contribution is -2.43. The molecule has 0 heterocycles. The van der Waals surface area contributed by atoms with Crippen LogP contribution in [-0.2, 0) is 24.1 Å². The van der Waals surface area contributed by atoms with E-state index < -0.39 is 17.7 Å². The molecule has 2 N–H and O–H groups in total. The van der Waals surface area contributed by atoms with Crippen LogP contribution in [0.3, 0.4) is 0 Å². The maximum Gasteiger partial charge on any atom is 0.417 e. The predicted octanol–water partition coefficient (Wildman–Crippen LogP) is 5.90. The van der Waals surface area contributed by atoms with Crippen molar-refractivity contribution in [3.05, 3.63) is 89.5 Å². The lowest BCUT2D eigenvalue weighted by molar-refractivity contribution is -0.145. The van der Waals surface area contributed by atoms with Gasteiger partial charge in [0.25, 0.3) is 0 Å². The Labute approximate surface area is 190 Å². The highest BCUT2D eigenvalue weighted by Gasteiger charge is 2.34. The molecule has 1 aliphatic carbocycles. The zero-order valence-electron chi connectivity index (χ0n) is 17.8. The number of carbonyl (C=O) groups is 1. The molecule has 0 amide bonds. The number of benzene rings is 3. The summed E-state index contributed by atoms with van der Waals surface area (Å²) in [7, 11) is 0. The number of hydrogen-bond acceptors (Lipinski definition) is 3. The highest BCUT2D eigenvalue weighted by Crippen LogP contribution is 2.37. The Morgan fingerprint density at radius 3 is 2.27 bits per heavy atom. The summed E-state index contributed by atoms with van der Waals surface area (Å²) in [6, 6.07) is 20.3. The van der Waals surface area contributed by atoms with Gasteiger partial charge < -0.3 is 15.2 Å². The van der Waals surface area contributed by atoms with Gasteiger partial charge in [0.2, 0.25) is 0 Å². The standard InChI is InChI=1S/C26H24F3NO3/c27-26(28,29)24-12-18(8-11-23(24)19-4-2-1-3-5-19)16-33-22-9-6-17(7-10-22)15-30-21-13-20(14-21)25(31)32/h1-12,20-21,30H,13-16H2,(H,31,32). The second-order valence-electron chi connectivity index (χ2n) is 8.26. The van der Waals surface area contributed by atoms with Gasteiger partial charge in [-0.1, -0.05) is 54.6 Å². The van der Waals surface area contributed by atoms with Crippen LogP contribution in [0.5, 0.6) is 5.75 Å². The molecule has 172 valence electrons. The second kappa shape index (κ2) is 9.67. The van der Waals surface area contributed by atoms with Crippen molar-refractivity contribution in [2.45, 2.75) is 38.2 Å². The molecule has 0 saturated heterocycles. The van der Waals surface area contributed by atoms with Crippen LogP contribution in [0.25, 0.3) is 11.1 Å². The van der Waals surface area contributed by atoms with Crippen molar-refractivity contribution < 1.29 is 27.8 Å². The summed E-state index contributed by atoms with van der Waals surface area (Å²) in [6.45, 7) is 0.640. The SMILES string of the molecule is O=C(O)C1CC(NCc2ccc(OCc3ccc(-c4ccccc4)c(C(F)(F)F)c3)cc2)C1.